The third-order valence-corrected chi connectivity index (χ3v) is 20.9. The van der Waals surface area contributed by atoms with Crippen LogP contribution in [-0.4, -0.2) is 18.4 Å². The number of hydrogen-bond donors (Lipinski definition) is 0. The second-order valence-corrected chi connectivity index (χ2v) is 19.1. The summed E-state index contributed by atoms with van der Waals surface area (Å²) in [5, 5.41) is 0. The number of allylic oxidation sites excluding steroid dienone is 3. The van der Waals surface area contributed by atoms with Crippen molar-refractivity contribution in [1.82, 2.24) is 0 Å². The monoisotopic (exact) mass is 404 g/mol. The molecule has 0 saturated carbocycles. The fourth-order valence-corrected chi connectivity index (χ4v) is 21.0. The zero-order valence-electron chi connectivity index (χ0n) is 14.7. The minimum atomic E-state index is -2.48. The maximum absolute atomic E-state index is 2.52. The van der Waals surface area contributed by atoms with Crippen molar-refractivity contribution in [3.05, 3.63) is 45.6 Å². The Morgan fingerprint density at radius 1 is 0.864 bits per heavy atom. The summed E-state index contributed by atoms with van der Waals surface area (Å²) in [6.45, 7) is 7.05. The van der Waals surface area contributed by atoms with Crippen molar-refractivity contribution in [3.8, 4) is 0 Å². The van der Waals surface area contributed by atoms with E-state index < -0.39 is 18.4 Å². The molecule has 0 amide bonds. The van der Waals surface area contributed by atoms with Gasteiger partial charge < -0.3 is 0 Å². The fraction of sp³-hybridized carbons (Fsp3) is 0.524. The summed E-state index contributed by atoms with van der Waals surface area (Å²) < 4.78 is 6.68. The van der Waals surface area contributed by atoms with Crippen LogP contribution in [0.25, 0.3) is 6.08 Å². The van der Waals surface area contributed by atoms with E-state index in [9.17, 15) is 0 Å². The fourth-order valence-electron chi connectivity index (χ4n) is 3.94. The predicted octanol–water partition coefficient (Wildman–Crippen LogP) is 6.24. The molecule has 0 aromatic heterocycles. The molecular formula is C21H32Sn. The Kier molecular flexibility index (Phi) is 7.27. The summed E-state index contributed by atoms with van der Waals surface area (Å²) in [7, 11) is 0. The van der Waals surface area contributed by atoms with Gasteiger partial charge in [0.05, 0.1) is 0 Å². The summed E-state index contributed by atoms with van der Waals surface area (Å²) in [5.41, 5.74) is 1.52. The zero-order chi connectivity index (χ0) is 15.8. The third-order valence-electron chi connectivity index (χ3n) is 5.10. The Morgan fingerprint density at radius 3 is 2.18 bits per heavy atom. The molecule has 0 N–H and O–H groups in total. The van der Waals surface area contributed by atoms with Crippen LogP contribution in [0.15, 0.2) is 40.0 Å². The summed E-state index contributed by atoms with van der Waals surface area (Å²) in [4.78, 5) is 0. The van der Waals surface area contributed by atoms with E-state index in [2.05, 4.69) is 63.3 Å². The van der Waals surface area contributed by atoms with Crippen molar-refractivity contribution >= 4 is 28.0 Å². The SMILES string of the molecule is CCC[CH2][Sn]1([CH2]CCC)[C](CCC)=CC=Cc2cccc[c]21. The van der Waals surface area contributed by atoms with E-state index in [1.165, 1.54) is 53.0 Å². The van der Waals surface area contributed by atoms with Crippen molar-refractivity contribution in [1.29, 1.82) is 0 Å². The Bertz CT molecular complexity index is 516. The molecule has 0 fully saturated rings. The Labute approximate surface area is 141 Å². The summed E-state index contributed by atoms with van der Waals surface area (Å²) in [6.07, 6.45) is 15.3. The second kappa shape index (κ2) is 8.96. The molecule has 1 heterocycles. The van der Waals surface area contributed by atoms with Gasteiger partial charge in [0, 0.05) is 0 Å². The van der Waals surface area contributed by atoms with Crippen LogP contribution >= 0.6 is 0 Å². The molecule has 0 atom stereocenters. The molecule has 0 saturated heterocycles. The third kappa shape index (κ3) is 3.87. The van der Waals surface area contributed by atoms with Crippen LogP contribution in [0.2, 0.25) is 8.87 Å². The molecule has 1 aromatic rings. The van der Waals surface area contributed by atoms with Crippen LogP contribution in [0.1, 0.15) is 64.9 Å². The van der Waals surface area contributed by atoms with E-state index in [1.54, 1.807) is 3.58 Å². The van der Waals surface area contributed by atoms with Gasteiger partial charge in [0.2, 0.25) is 0 Å². The van der Waals surface area contributed by atoms with Crippen LogP contribution in [-0.2, 0) is 0 Å². The van der Waals surface area contributed by atoms with E-state index in [0.717, 1.165) is 0 Å². The molecule has 0 spiro atoms. The van der Waals surface area contributed by atoms with Crippen LogP contribution in [0, 0.1) is 0 Å². The molecule has 0 nitrogen and oxygen atoms in total. The van der Waals surface area contributed by atoms with Crippen molar-refractivity contribution in [2.75, 3.05) is 0 Å². The molecule has 1 aliphatic rings. The second-order valence-electron chi connectivity index (χ2n) is 6.68. The number of benzene rings is 1. The van der Waals surface area contributed by atoms with E-state index in [1.807, 2.05) is 3.59 Å². The van der Waals surface area contributed by atoms with Gasteiger partial charge >= 0.3 is 142 Å². The van der Waals surface area contributed by atoms with Gasteiger partial charge in [-0.25, -0.2) is 0 Å². The number of hydrogen-bond acceptors (Lipinski definition) is 0. The number of rotatable bonds is 8. The first-order chi connectivity index (χ1) is 10.8. The molecule has 0 aliphatic carbocycles. The van der Waals surface area contributed by atoms with Gasteiger partial charge in [-0.3, -0.25) is 0 Å². The molecule has 2 rings (SSSR count). The minimum absolute atomic E-state index is 1.29. The average Bonchev–Trinajstić information content (AvgIpc) is 2.69. The molecule has 1 heteroatoms. The van der Waals surface area contributed by atoms with Gasteiger partial charge in [-0.05, 0) is 0 Å². The molecule has 0 bridgehead atoms. The summed E-state index contributed by atoms with van der Waals surface area (Å²) in [5.74, 6) is 0. The summed E-state index contributed by atoms with van der Waals surface area (Å²) >= 11 is -2.48. The van der Waals surface area contributed by atoms with Crippen molar-refractivity contribution in [2.24, 2.45) is 0 Å². The molecule has 1 aliphatic heterocycles. The quantitative estimate of drug-likeness (QED) is 0.451. The number of unbranched alkanes of at least 4 members (excludes halogenated alkanes) is 2. The van der Waals surface area contributed by atoms with Gasteiger partial charge in [0.1, 0.15) is 0 Å². The first kappa shape index (κ1) is 17.8. The van der Waals surface area contributed by atoms with Crippen LogP contribution in [0.3, 0.4) is 0 Å². The average molecular weight is 403 g/mol. The normalized spacial score (nSPS) is 16.0. The van der Waals surface area contributed by atoms with Crippen LogP contribution in [0.5, 0.6) is 0 Å². The van der Waals surface area contributed by atoms with Gasteiger partial charge in [-0.2, -0.15) is 0 Å². The topological polar surface area (TPSA) is 0 Å². The first-order valence-electron chi connectivity index (χ1n) is 9.25. The Balaban J connectivity index is 2.53. The standard InChI is InChI=1S/C13H14.2C4H9.Sn/c1-2-3-4-5-7-10-13-11-8-6-9-12-13;2*1-3-4-2;/h5-11H,2-3H2,1H3;2*1,3-4H2,2H3;. The van der Waals surface area contributed by atoms with Crippen molar-refractivity contribution in [3.63, 3.8) is 0 Å². The van der Waals surface area contributed by atoms with Gasteiger partial charge in [0.15, 0.2) is 0 Å². The molecule has 1 aromatic carbocycles. The van der Waals surface area contributed by atoms with Crippen molar-refractivity contribution in [2.45, 2.75) is 68.2 Å². The van der Waals surface area contributed by atoms with Gasteiger partial charge in [-0.1, -0.05) is 0 Å². The molecule has 0 unspecified atom stereocenters. The molecule has 120 valence electrons. The number of fused-ring (bicyclic) bond motifs is 1. The Hall–Kier alpha value is -0.501. The van der Waals surface area contributed by atoms with Gasteiger partial charge in [0.25, 0.3) is 0 Å². The Morgan fingerprint density at radius 2 is 1.55 bits per heavy atom. The zero-order valence-corrected chi connectivity index (χ0v) is 17.6. The first-order valence-corrected chi connectivity index (χ1v) is 16.1. The molecule has 0 radical (unpaired) electrons. The van der Waals surface area contributed by atoms with Gasteiger partial charge in [-0.15, -0.1) is 0 Å². The summed E-state index contributed by atoms with van der Waals surface area (Å²) in [6, 6.07) is 9.32. The van der Waals surface area contributed by atoms with E-state index in [4.69, 9.17) is 0 Å². The van der Waals surface area contributed by atoms with Crippen LogP contribution in [0.4, 0.5) is 0 Å². The van der Waals surface area contributed by atoms with E-state index in [0.29, 0.717) is 0 Å². The van der Waals surface area contributed by atoms with Crippen LogP contribution < -0.4 is 3.58 Å². The van der Waals surface area contributed by atoms with E-state index >= 15 is 0 Å². The van der Waals surface area contributed by atoms with Crippen molar-refractivity contribution < 1.29 is 0 Å². The molecule has 22 heavy (non-hydrogen) atoms. The maximum atomic E-state index is 2.52. The predicted molar refractivity (Wildman–Crippen MR) is 103 cm³/mol. The molecular weight excluding hydrogens is 371 g/mol. The van der Waals surface area contributed by atoms with E-state index in [-0.39, 0.29) is 0 Å².